The largest absolute Gasteiger partial charge is 0.507 e. The summed E-state index contributed by atoms with van der Waals surface area (Å²) >= 11 is 0. The summed E-state index contributed by atoms with van der Waals surface area (Å²) in [6.07, 6.45) is -5.08. The fourth-order valence-electron chi connectivity index (χ4n) is 2.06. The lowest BCUT2D eigenvalue weighted by molar-refractivity contribution is -0.192. The van der Waals surface area contributed by atoms with Crippen LogP contribution in [0.25, 0.3) is 22.3 Å². The zero-order valence-corrected chi connectivity index (χ0v) is 13.8. The van der Waals surface area contributed by atoms with E-state index >= 15 is 0 Å². The van der Waals surface area contributed by atoms with E-state index in [9.17, 15) is 18.3 Å². The molecule has 0 bridgehead atoms. The number of pyridine rings is 1. The quantitative estimate of drug-likeness (QED) is 0.532. The number of para-hydroxylation sites is 1. The number of nitrogens with two attached hydrogens (primary N) is 1. The minimum absolute atomic E-state index is 0.156. The maximum atomic E-state index is 10.6. The van der Waals surface area contributed by atoms with Crippen LogP contribution in [0.5, 0.6) is 5.75 Å². The summed E-state index contributed by atoms with van der Waals surface area (Å²) in [6.45, 7) is 0. The van der Waals surface area contributed by atoms with Gasteiger partial charge in [-0.2, -0.15) is 23.1 Å². The Bertz CT molecular complexity index is 979. The topological polar surface area (TPSA) is 134 Å². The third kappa shape index (κ3) is 4.71. The molecule has 3 rings (SSSR count). The van der Waals surface area contributed by atoms with E-state index in [4.69, 9.17) is 15.6 Å². The first-order valence-corrected chi connectivity index (χ1v) is 7.34. The molecule has 3 aromatic rings. The average molecular weight is 381 g/mol. The number of anilines is 2. The van der Waals surface area contributed by atoms with E-state index in [1.54, 1.807) is 25.2 Å². The van der Waals surface area contributed by atoms with Crippen molar-refractivity contribution in [1.29, 1.82) is 0 Å². The highest BCUT2D eigenvalue weighted by Crippen LogP contribution is 2.29. The lowest BCUT2D eigenvalue weighted by Crippen LogP contribution is -2.21. The Morgan fingerprint density at radius 1 is 1.11 bits per heavy atom. The van der Waals surface area contributed by atoms with Gasteiger partial charge in [-0.1, -0.05) is 12.1 Å². The zero-order chi connectivity index (χ0) is 20.2. The van der Waals surface area contributed by atoms with E-state index in [1.807, 2.05) is 18.2 Å². The Morgan fingerprint density at radius 3 is 2.30 bits per heavy atom. The molecule has 0 fully saturated rings. The molecular formula is C16H14F3N5O3. The van der Waals surface area contributed by atoms with Gasteiger partial charge >= 0.3 is 12.1 Å². The minimum atomic E-state index is -5.08. The van der Waals surface area contributed by atoms with Crippen LogP contribution in [0.1, 0.15) is 0 Å². The minimum Gasteiger partial charge on any atom is -0.507 e. The first kappa shape index (κ1) is 19.7. The third-order valence-corrected chi connectivity index (χ3v) is 3.24. The van der Waals surface area contributed by atoms with Gasteiger partial charge in [0.15, 0.2) is 5.65 Å². The number of aromatic hydroxyl groups is 1. The molecule has 11 heteroatoms. The number of carbonyl (C=O) groups is 1. The molecule has 1 aromatic carbocycles. The summed E-state index contributed by atoms with van der Waals surface area (Å²) in [5, 5.41) is 20.7. The first-order chi connectivity index (χ1) is 12.6. The highest BCUT2D eigenvalue weighted by atomic mass is 19.4. The number of rotatable bonds is 2. The van der Waals surface area contributed by atoms with Crippen LogP contribution in [0.2, 0.25) is 0 Å². The first-order valence-electron chi connectivity index (χ1n) is 7.34. The summed E-state index contributed by atoms with van der Waals surface area (Å²) in [5.74, 6) is -1.80. The highest BCUT2D eigenvalue weighted by Gasteiger charge is 2.38. The van der Waals surface area contributed by atoms with Crippen LogP contribution in [0.15, 0.2) is 36.4 Å². The molecule has 142 valence electrons. The number of nitrogen functional groups attached to an aromatic ring is 1. The Kier molecular flexibility index (Phi) is 5.63. The van der Waals surface area contributed by atoms with Gasteiger partial charge in [-0.25, -0.2) is 9.78 Å². The smallest absolute Gasteiger partial charge is 0.490 e. The number of hydrogen-bond donors (Lipinski definition) is 4. The summed E-state index contributed by atoms with van der Waals surface area (Å²) in [6, 6.07) is 10.7. The second-order valence-electron chi connectivity index (χ2n) is 5.07. The van der Waals surface area contributed by atoms with Crippen molar-refractivity contribution in [3.63, 3.8) is 0 Å². The van der Waals surface area contributed by atoms with Crippen molar-refractivity contribution in [3.05, 3.63) is 36.4 Å². The van der Waals surface area contributed by atoms with Gasteiger partial charge in [0.2, 0.25) is 5.95 Å². The number of aliphatic carboxylic acids is 1. The van der Waals surface area contributed by atoms with Crippen molar-refractivity contribution < 1.29 is 28.2 Å². The number of fused-ring (bicyclic) bond motifs is 1. The summed E-state index contributed by atoms with van der Waals surface area (Å²) < 4.78 is 31.7. The number of phenolic OH excluding ortho intramolecular Hbond substituents is 1. The summed E-state index contributed by atoms with van der Waals surface area (Å²) in [7, 11) is 1.76. The molecule has 0 unspecified atom stereocenters. The molecule has 8 nitrogen and oxygen atoms in total. The van der Waals surface area contributed by atoms with Gasteiger partial charge in [0.05, 0.1) is 11.1 Å². The summed E-state index contributed by atoms with van der Waals surface area (Å²) in [4.78, 5) is 21.6. The lowest BCUT2D eigenvalue weighted by atomic mass is 10.1. The van der Waals surface area contributed by atoms with E-state index in [-0.39, 0.29) is 11.7 Å². The van der Waals surface area contributed by atoms with E-state index < -0.39 is 12.1 Å². The van der Waals surface area contributed by atoms with Crippen molar-refractivity contribution >= 4 is 28.8 Å². The highest BCUT2D eigenvalue weighted by molar-refractivity contribution is 5.89. The standard InChI is InChI=1S/C14H13N5O.C2HF3O2/c1-16-12-9-6-7-10(8-4-2-3-5-11(8)20)17-13(9)19-14(15)18-12;3-2(4,5)1(6)7/h2-7,20H,1H3,(H3,15,16,17,18,19);(H,6,7). The predicted octanol–water partition coefficient (Wildman–Crippen LogP) is 2.65. The third-order valence-electron chi connectivity index (χ3n) is 3.24. The molecule has 0 saturated heterocycles. The molecule has 5 N–H and O–H groups in total. The van der Waals surface area contributed by atoms with E-state index in [1.165, 1.54) is 0 Å². The number of benzene rings is 1. The average Bonchev–Trinajstić information content (AvgIpc) is 2.60. The second kappa shape index (κ2) is 7.72. The maximum Gasteiger partial charge on any atom is 0.490 e. The zero-order valence-electron chi connectivity index (χ0n) is 13.8. The van der Waals surface area contributed by atoms with Crippen molar-refractivity contribution in [1.82, 2.24) is 15.0 Å². The van der Waals surface area contributed by atoms with Gasteiger partial charge in [-0.05, 0) is 24.3 Å². The number of hydrogen-bond acceptors (Lipinski definition) is 7. The Balaban J connectivity index is 0.000000321. The molecule has 27 heavy (non-hydrogen) atoms. The molecule has 0 amide bonds. The number of carboxylic acid groups (broad SMARTS) is 1. The van der Waals surface area contributed by atoms with Crippen molar-refractivity contribution in [2.75, 3.05) is 18.1 Å². The van der Waals surface area contributed by atoms with E-state index in [0.29, 0.717) is 22.7 Å². The number of nitrogens with one attached hydrogen (secondary N) is 1. The molecule has 0 aliphatic carbocycles. The molecular weight excluding hydrogens is 367 g/mol. The predicted molar refractivity (Wildman–Crippen MR) is 92.1 cm³/mol. The Labute approximate surface area is 150 Å². The van der Waals surface area contributed by atoms with Gasteiger partial charge in [-0.15, -0.1) is 0 Å². The number of alkyl halides is 3. The number of carboxylic acids is 1. The number of nitrogens with zero attached hydrogens (tertiary/aromatic N) is 3. The maximum absolute atomic E-state index is 10.6. The van der Waals surface area contributed by atoms with Crippen LogP contribution in [0, 0.1) is 0 Å². The van der Waals surface area contributed by atoms with Crippen LogP contribution in [0.3, 0.4) is 0 Å². The van der Waals surface area contributed by atoms with Gasteiger partial charge < -0.3 is 21.3 Å². The normalized spacial score (nSPS) is 10.8. The van der Waals surface area contributed by atoms with Crippen molar-refractivity contribution in [3.8, 4) is 17.0 Å². The lowest BCUT2D eigenvalue weighted by Gasteiger charge is -2.08. The van der Waals surface area contributed by atoms with Crippen LogP contribution in [-0.2, 0) is 4.79 Å². The number of aromatic nitrogens is 3. The van der Waals surface area contributed by atoms with Crippen LogP contribution >= 0.6 is 0 Å². The second-order valence-corrected chi connectivity index (χ2v) is 5.07. The van der Waals surface area contributed by atoms with Crippen LogP contribution in [0.4, 0.5) is 24.9 Å². The fraction of sp³-hybridized carbons (Fsp3) is 0.125. The molecule has 0 aliphatic rings. The fourth-order valence-corrected chi connectivity index (χ4v) is 2.06. The Morgan fingerprint density at radius 2 is 1.74 bits per heavy atom. The monoisotopic (exact) mass is 381 g/mol. The number of phenols is 1. The summed E-state index contributed by atoms with van der Waals surface area (Å²) in [5.41, 5.74) is 7.44. The van der Waals surface area contributed by atoms with Gasteiger partial charge in [0, 0.05) is 12.6 Å². The molecule has 0 radical (unpaired) electrons. The van der Waals surface area contributed by atoms with Crippen LogP contribution in [-0.4, -0.2) is 44.4 Å². The van der Waals surface area contributed by atoms with Crippen molar-refractivity contribution in [2.24, 2.45) is 0 Å². The number of halogens is 3. The molecule has 2 heterocycles. The molecule has 0 aliphatic heterocycles. The Hall–Kier alpha value is -3.63. The molecule has 0 atom stereocenters. The van der Waals surface area contributed by atoms with Gasteiger partial charge in [0.25, 0.3) is 0 Å². The van der Waals surface area contributed by atoms with Crippen molar-refractivity contribution in [2.45, 2.75) is 6.18 Å². The van der Waals surface area contributed by atoms with E-state index in [0.717, 1.165) is 5.39 Å². The molecule has 2 aromatic heterocycles. The molecule has 0 spiro atoms. The SMILES string of the molecule is CNc1nc(N)nc2nc(-c3ccccc3O)ccc12.O=C(O)C(F)(F)F. The van der Waals surface area contributed by atoms with E-state index in [2.05, 4.69) is 20.3 Å². The van der Waals surface area contributed by atoms with Gasteiger partial charge in [-0.3, -0.25) is 0 Å². The van der Waals surface area contributed by atoms with Crippen LogP contribution < -0.4 is 11.1 Å². The van der Waals surface area contributed by atoms with Gasteiger partial charge in [0.1, 0.15) is 11.6 Å². The molecule has 0 saturated carbocycles.